The molecule has 2 N–H and O–H groups in total. The van der Waals surface area contributed by atoms with E-state index in [-0.39, 0.29) is 17.7 Å². The first kappa shape index (κ1) is 19.2. The highest BCUT2D eigenvalue weighted by Crippen LogP contribution is 2.31. The van der Waals surface area contributed by atoms with Crippen molar-refractivity contribution in [1.82, 2.24) is 9.78 Å². The van der Waals surface area contributed by atoms with Crippen molar-refractivity contribution in [3.63, 3.8) is 0 Å². The number of benzene rings is 1. The molecule has 2 aromatic heterocycles. The lowest BCUT2D eigenvalue weighted by Crippen LogP contribution is -2.15. The average molecular weight is 410 g/mol. The van der Waals surface area contributed by atoms with Crippen LogP contribution in [0.15, 0.2) is 48.7 Å². The summed E-state index contributed by atoms with van der Waals surface area (Å²) in [6, 6.07) is 13.5. The van der Waals surface area contributed by atoms with Crippen LogP contribution in [-0.2, 0) is 11.3 Å². The van der Waals surface area contributed by atoms with Gasteiger partial charge in [-0.3, -0.25) is 9.59 Å². The first-order valence-electron chi connectivity index (χ1n) is 9.50. The van der Waals surface area contributed by atoms with Crippen LogP contribution in [0, 0.1) is 5.92 Å². The van der Waals surface area contributed by atoms with E-state index in [0.717, 1.165) is 24.1 Å². The van der Waals surface area contributed by atoms with Crippen molar-refractivity contribution >= 4 is 39.7 Å². The van der Waals surface area contributed by atoms with Crippen LogP contribution in [0.5, 0.6) is 0 Å². The largest absolute Gasteiger partial charge is 0.378 e. The molecular formula is C21H23N5O2S. The number of carbonyl (C=O) groups excluding carboxylic acids is 2. The van der Waals surface area contributed by atoms with E-state index in [1.807, 2.05) is 19.0 Å². The fourth-order valence-electron chi connectivity index (χ4n) is 2.91. The van der Waals surface area contributed by atoms with Gasteiger partial charge in [0.1, 0.15) is 5.82 Å². The molecule has 0 unspecified atom stereocenters. The van der Waals surface area contributed by atoms with Gasteiger partial charge in [-0.15, -0.1) is 11.3 Å². The number of rotatable bonds is 7. The fraction of sp³-hybridized carbons (Fsp3) is 0.286. The maximum atomic E-state index is 12.6. The van der Waals surface area contributed by atoms with Crippen LogP contribution < -0.4 is 15.5 Å². The molecule has 1 aliphatic rings. The second kappa shape index (κ2) is 8.08. The van der Waals surface area contributed by atoms with Gasteiger partial charge in [-0.05, 0) is 42.7 Å². The lowest BCUT2D eigenvalue weighted by Gasteiger charge is -2.13. The van der Waals surface area contributed by atoms with E-state index in [9.17, 15) is 9.59 Å². The molecule has 1 aliphatic carbocycles. The summed E-state index contributed by atoms with van der Waals surface area (Å²) in [7, 11) is 4.01. The molecule has 0 radical (unpaired) electrons. The van der Waals surface area contributed by atoms with Gasteiger partial charge in [0.25, 0.3) is 5.91 Å². The minimum atomic E-state index is -0.216. The topological polar surface area (TPSA) is 79.3 Å². The first-order valence-corrected chi connectivity index (χ1v) is 10.3. The van der Waals surface area contributed by atoms with Crippen molar-refractivity contribution in [1.29, 1.82) is 0 Å². The lowest BCUT2D eigenvalue weighted by atomic mass is 10.2. The number of thiophene rings is 1. The Bertz CT molecular complexity index is 1020. The summed E-state index contributed by atoms with van der Waals surface area (Å²) in [6.45, 7) is 0.559. The van der Waals surface area contributed by atoms with E-state index < -0.39 is 0 Å². The van der Waals surface area contributed by atoms with Gasteiger partial charge in [-0.25, -0.2) is 4.68 Å². The van der Waals surface area contributed by atoms with Gasteiger partial charge in [-0.2, -0.15) is 5.10 Å². The molecule has 150 valence electrons. The van der Waals surface area contributed by atoms with Crippen LogP contribution in [-0.4, -0.2) is 35.7 Å². The van der Waals surface area contributed by atoms with E-state index in [1.54, 1.807) is 29.1 Å². The van der Waals surface area contributed by atoms with Gasteiger partial charge in [-0.1, -0.05) is 12.1 Å². The predicted molar refractivity (Wildman–Crippen MR) is 116 cm³/mol. The summed E-state index contributed by atoms with van der Waals surface area (Å²) in [6.07, 6.45) is 3.57. The number of hydrogen-bond acceptors (Lipinski definition) is 5. The van der Waals surface area contributed by atoms with Crippen molar-refractivity contribution in [3.8, 4) is 0 Å². The Hall–Kier alpha value is -3.13. The van der Waals surface area contributed by atoms with Crippen molar-refractivity contribution in [2.24, 2.45) is 5.92 Å². The Labute approximate surface area is 173 Å². The van der Waals surface area contributed by atoms with Crippen molar-refractivity contribution in [2.75, 3.05) is 29.6 Å². The minimum absolute atomic E-state index is 0.0390. The van der Waals surface area contributed by atoms with Crippen LogP contribution in [0.25, 0.3) is 0 Å². The molecule has 2 amide bonds. The molecule has 29 heavy (non-hydrogen) atoms. The highest BCUT2D eigenvalue weighted by Gasteiger charge is 2.29. The van der Waals surface area contributed by atoms with E-state index in [2.05, 4.69) is 40.0 Å². The Balaban J connectivity index is 1.40. The van der Waals surface area contributed by atoms with Crippen LogP contribution in [0.3, 0.4) is 0 Å². The van der Waals surface area contributed by atoms with E-state index in [1.165, 1.54) is 11.3 Å². The SMILES string of the molecule is CN(C)c1ccc(Cn2nccc2NC(=O)c2ccc(NC(=O)C3CC3)s2)cc1. The molecule has 8 heteroatoms. The molecule has 0 spiro atoms. The highest BCUT2D eigenvalue weighted by molar-refractivity contribution is 7.18. The van der Waals surface area contributed by atoms with Crippen LogP contribution >= 0.6 is 11.3 Å². The molecular weight excluding hydrogens is 386 g/mol. The summed E-state index contributed by atoms with van der Waals surface area (Å²) >= 11 is 1.27. The van der Waals surface area contributed by atoms with Crippen molar-refractivity contribution < 1.29 is 9.59 Å². The van der Waals surface area contributed by atoms with Gasteiger partial charge in [0, 0.05) is 31.8 Å². The number of nitrogens with one attached hydrogen (secondary N) is 2. The lowest BCUT2D eigenvalue weighted by molar-refractivity contribution is -0.117. The fourth-order valence-corrected chi connectivity index (χ4v) is 3.72. The van der Waals surface area contributed by atoms with Gasteiger partial charge in [0.2, 0.25) is 5.91 Å². The van der Waals surface area contributed by atoms with Crippen LogP contribution in [0.2, 0.25) is 0 Å². The third-order valence-corrected chi connectivity index (χ3v) is 5.77. The Kier molecular flexibility index (Phi) is 5.35. The summed E-state index contributed by atoms with van der Waals surface area (Å²) < 4.78 is 1.76. The molecule has 2 heterocycles. The second-order valence-electron chi connectivity index (χ2n) is 7.32. The van der Waals surface area contributed by atoms with Crippen LogP contribution in [0.1, 0.15) is 28.1 Å². The van der Waals surface area contributed by atoms with Gasteiger partial charge >= 0.3 is 0 Å². The molecule has 1 fully saturated rings. The number of nitrogens with zero attached hydrogens (tertiary/aromatic N) is 3. The standard InChI is InChI=1S/C21H23N5O2S/c1-25(2)16-7-3-14(4-8-16)13-26-18(11-12-22-26)23-21(28)17-9-10-19(29-17)24-20(27)15-5-6-15/h3-4,7-12,15H,5-6,13H2,1-2H3,(H,23,28)(H,24,27). The molecule has 0 bridgehead atoms. The second-order valence-corrected chi connectivity index (χ2v) is 8.40. The summed E-state index contributed by atoms with van der Waals surface area (Å²) in [4.78, 5) is 27.1. The highest BCUT2D eigenvalue weighted by atomic mass is 32.1. The maximum Gasteiger partial charge on any atom is 0.266 e. The molecule has 1 saturated carbocycles. The quantitative estimate of drug-likeness (QED) is 0.624. The average Bonchev–Trinajstić information content (AvgIpc) is 3.32. The van der Waals surface area contributed by atoms with Gasteiger partial charge in [0.15, 0.2) is 0 Å². The van der Waals surface area contributed by atoms with Crippen molar-refractivity contribution in [3.05, 3.63) is 59.1 Å². The van der Waals surface area contributed by atoms with Crippen molar-refractivity contribution in [2.45, 2.75) is 19.4 Å². The number of carbonyl (C=O) groups is 2. The molecule has 1 aromatic carbocycles. The number of anilines is 3. The third kappa shape index (κ3) is 4.65. The zero-order chi connectivity index (χ0) is 20.4. The van der Waals surface area contributed by atoms with Gasteiger partial charge < -0.3 is 15.5 Å². The molecule has 3 aromatic rings. The summed E-state index contributed by atoms with van der Waals surface area (Å²) in [5.41, 5.74) is 2.22. The third-order valence-electron chi connectivity index (χ3n) is 4.77. The monoisotopic (exact) mass is 409 g/mol. The molecule has 7 nitrogen and oxygen atoms in total. The predicted octanol–water partition coefficient (Wildman–Crippen LogP) is 3.66. The number of hydrogen-bond donors (Lipinski definition) is 2. The van der Waals surface area contributed by atoms with E-state index in [4.69, 9.17) is 0 Å². The Morgan fingerprint density at radius 3 is 2.55 bits per heavy atom. The van der Waals surface area contributed by atoms with Gasteiger partial charge in [0.05, 0.1) is 22.6 Å². The van der Waals surface area contributed by atoms with E-state index in [0.29, 0.717) is 22.2 Å². The zero-order valence-corrected chi connectivity index (χ0v) is 17.2. The smallest absolute Gasteiger partial charge is 0.266 e. The summed E-state index contributed by atoms with van der Waals surface area (Å²) in [5.74, 6) is 0.586. The minimum Gasteiger partial charge on any atom is -0.378 e. The normalized spacial score (nSPS) is 13.2. The summed E-state index contributed by atoms with van der Waals surface area (Å²) in [5, 5.41) is 10.8. The first-order chi connectivity index (χ1) is 14.0. The molecule has 0 aliphatic heterocycles. The number of aromatic nitrogens is 2. The zero-order valence-electron chi connectivity index (χ0n) is 16.4. The molecule has 4 rings (SSSR count). The maximum absolute atomic E-state index is 12.6. The number of amides is 2. The molecule has 0 saturated heterocycles. The Morgan fingerprint density at radius 2 is 1.86 bits per heavy atom. The van der Waals surface area contributed by atoms with Crippen LogP contribution in [0.4, 0.5) is 16.5 Å². The Morgan fingerprint density at radius 1 is 1.10 bits per heavy atom. The van der Waals surface area contributed by atoms with E-state index >= 15 is 0 Å². The molecule has 0 atom stereocenters.